The van der Waals surface area contributed by atoms with Crippen molar-refractivity contribution < 1.29 is 13.3 Å². The van der Waals surface area contributed by atoms with Crippen molar-refractivity contribution in [2.45, 2.75) is 0 Å². The first kappa shape index (κ1) is 13.7. The molecule has 2 aromatic carbocycles. The molecule has 2 N–H and O–H groups in total. The van der Waals surface area contributed by atoms with Crippen molar-refractivity contribution in [1.82, 2.24) is 10.1 Å². The Bertz CT molecular complexity index is 799. The number of benzene rings is 2. The number of hydrogen-bond acceptors (Lipinski definition) is 4. The van der Waals surface area contributed by atoms with Gasteiger partial charge in [0.2, 0.25) is 5.82 Å². The maximum atomic E-state index is 13.2. The standard InChI is InChI=1S/C14H8BrF2N3O/c15-8-1-2-11(12(18)5-8)14-19-13(20-21-14)7-3-9(16)6-10(17)4-7/h1-6H,18H2. The highest BCUT2D eigenvalue weighted by molar-refractivity contribution is 9.10. The molecule has 0 saturated heterocycles. The van der Waals surface area contributed by atoms with Crippen LogP contribution >= 0.6 is 15.9 Å². The van der Waals surface area contributed by atoms with Gasteiger partial charge in [0.25, 0.3) is 5.89 Å². The Balaban J connectivity index is 2.03. The van der Waals surface area contributed by atoms with Crippen molar-refractivity contribution in [3.63, 3.8) is 0 Å². The summed E-state index contributed by atoms with van der Waals surface area (Å²) in [7, 11) is 0. The van der Waals surface area contributed by atoms with Crippen LogP contribution in [0.1, 0.15) is 0 Å². The first-order valence-corrected chi connectivity index (χ1v) is 6.68. The molecule has 0 amide bonds. The molecule has 0 unspecified atom stereocenters. The Hall–Kier alpha value is -2.28. The summed E-state index contributed by atoms with van der Waals surface area (Å²) < 4.78 is 32.3. The van der Waals surface area contributed by atoms with E-state index in [1.807, 2.05) is 0 Å². The molecule has 21 heavy (non-hydrogen) atoms. The summed E-state index contributed by atoms with van der Waals surface area (Å²) in [5, 5.41) is 3.72. The van der Waals surface area contributed by atoms with E-state index in [2.05, 4.69) is 26.1 Å². The lowest BCUT2D eigenvalue weighted by molar-refractivity contribution is 0.432. The topological polar surface area (TPSA) is 64.9 Å². The molecule has 0 bridgehead atoms. The number of hydrogen-bond donors (Lipinski definition) is 1. The molecule has 3 aromatic rings. The van der Waals surface area contributed by atoms with Gasteiger partial charge in [-0.25, -0.2) is 8.78 Å². The summed E-state index contributed by atoms with van der Waals surface area (Å²) in [6.07, 6.45) is 0. The number of nitrogen functional groups attached to an aromatic ring is 1. The average Bonchev–Trinajstić information content (AvgIpc) is 2.87. The molecule has 0 saturated carbocycles. The van der Waals surface area contributed by atoms with Crippen LogP contribution in [0.3, 0.4) is 0 Å². The van der Waals surface area contributed by atoms with E-state index in [-0.39, 0.29) is 17.3 Å². The van der Waals surface area contributed by atoms with Crippen molar-refractivity contribution >= 4 is 21.6 Å². The SMILES string of the molecule is Nc1cc(Br)ccc1-c1nc(-c2cc(F)cc(F)c2)no1. The molecular weight excluding hydrogens is 344 g/mol. The smallest absolute Gasteiger partial charge is 0.260 e. The summed E-state index contributed by atoms with van der Waals surface area (Å²) in [4.78, 5) is 4.12. The van der Waals surface area contributed by atoms with Crippen LogP contribution in [0.15, 0.2) is 45.4 Å². The summed E-state index contributed by atoms with van der Waals surface area (Å²) in [5.41, 5.74) is 7.06. The quantitative estimate of drug-likeness (QED) is 0.708. The Labute approximate surface area is 126 Å². The zero-order chi connectivity index (χ0) is 15.0. The van der Waals surface area contributed by atoms with Gasteiger partial charge in [0, 0.05) is 21.8 Å². The first-order valence-electron chi connectivity index (χ1n) is 5.88. The molecule has 3 rings (SSSR count). The van der Waals surface area contributed by atoms with E-state index in [0.717, 1.165) is 22.7 Å². The molecule has 0 aliphatic heterocycles. The number of rotatable bonds is 2. The molecule has 0 atom stereocenters. The molecule has 1 aromatic heterocycles. The summed E-state index contributed by atoms with van der Waals surface area (Å²) in [6.45, 7) is 0. The Morgan fingerprint density at radius 2 is 1.76 bits per heavy atom. The van der Waals surface area contributed by atoms with Crippen LogP contribution in [0.5, 0.6) is 0 Å². The summed E-state index contributed by atoms with van der Waals surface area (Å²) >= 11 is 3.30. The number of nitrogens with zero attached hydrogens (tertiary/aromatic N) is 2. The molecule has 0 fully saturated rings. The molecule has 0 aliphatic carbocycles. The van der Waals surface area contributed by atoms with Gasteiger partial charge in [-0.1, -0.05) is 21.1 Å². The minimum absolute atomic E-state index is 0.0886. The fraction of sp³-hybridized carbons (Fsp3) is 0. The predicted octanol–water partition coefficient (Wildman–Crippen LogP) is 4.03. The third kappa shape index (κ3) is 2.78. The van der Waals surface area contributed by atoms with Gasteiger partial charge >= 0.3 is 0 Å². The highest BCUT2D eigenvalue weighted by Crippen LogP contribution is 2.29. The van der Waals surface area contributed by atoms with E-state index >= 15 is 0 Å². The van der Waals surface area contributed by atoms with Gasteiger partial charge in [0.1, 0.15) is 11.6 Å². The second-order valence-corrected chi connectivity index (χ2v) is 5.23. The lowest BCUT2D eigenvalue weighted by Crippen LogP contribution is -1.90. The fourth-order valence-corrected chi connectivity index (χ4v) is 2.24. The molecule has 106 valence electrons. The average molecular weight is 352 g/mol. The lowest BCUT2D eigenvalue weighted by atomic mass is 10.2. The second kappa shape index (κ2) is 5.25. The van der Waals surface area contributed by atoms with Crippen molar-refractivity contribution in [3.05, 3.63) is 52.5 Å². The Morgan fingerprint density at radius 1 is 1.05 bits per heavy atom. The Kier molecular flexibility index (Phi) is 3.42. The third-order valence-electron chi connectivity index (χ3n) is 2.79. The van der Waals surface area contributed by atoms with Gasteiger partial charge < -0.3 is 10.3 Å². The van der Waals surface area contributed by atoms with E-state index < -0.39 is 11.6 Å². The van der Waals surface area contributed by atoms with Gasteiger partial charge in [0.15, 0.2) is 0 Å². The van der Waals surface area contributed by atoms with Gasteiger partial charge in [-0.15, -0.1) is 0 Å². The number of nitrogens with two attached hydrogens (primary N) is 1. The normalized spacial score (nSPS) is 10.8. The van der Waals surface area contributed by atoms with Crippen LogP contribution < -0.4 is 5.73 Å². The number of halogens is 3. The Morgan fingerprint density at radius 3 is 2.43 bits per heavy atom. The van der Waals surface area contributed by atoms with Gasteiger partial charge in [0.05, 0.1) is 5.56 Å². The molecule has 1 heterocycles. The minimum atomic E-state index is -0.709. The lowest BCUT2D eigenvalue weighted by Gasteiger charge is -2.00. The molecule has 0 spiro atoms. The predicted molar refractivity (Wildman–Crippen MR) is 77.2 cm³/mol. The highest BCUT2D eigenvalue weighted by Gasteiger charge is 2.14. The molecule has 0 aliphatic rings. The van der Waals surface area contributed by atoms with Gasteiger partial charge in [-0.3, -0.25) is 0 Å². The maximum Gasteiger partial charge on any atom is 0.260 e. The van der Waals surface area contributed by atoms with Gasteiger partial charge in [-0.05, 0) is 30.3 Å². The summed E-state index contributed by atoms with van der Waals surface area (Å²) in [6, 6.07) is 8.21. The molecule has 0 radical (unpaired) electrons. The van der Waals surface area contributed by atoms with Crippen molar-refractivity contribution in [2.75, 3.05) is 5.73 Å². The zero-order valence-electron chi connectivity index (χ0n) is 10.5. The second-order valence-electron chi connectivity index (χ2n) is 4.31. The fourth-order valence-electron chi connectivity index (χ4n) is 1.86. The van der Waals surface area contributed by atoms with Crippen LogP contribution in [0.2, 0.25) is 0 Å². The number of aromatic nitrogens is 2. The van der Waals surface area contributed by atoms with Crippen molar-refractivity contribution in [3.8, 4) is 22.8 Å². The van der Waals surface area contributed by atoms with E-state index in [9.17, 15) is 8.78 Å². The van der Waals surface area contributed by atoms with E-state index in [1.54, 1.807) is 18.2 Å². The van der Waals surface area contributed by atoms with E-state index in [0.29, 0.717) is 11.3 Å². The van der Waals surface area contributed by atoms with Crippen LogP contribution in [0.25, 0.3) is 22.8 Å². The van der Waals surface area contributed by atoms with Crippen molar-refractivity contribution in [1.29, 1.82) is 0 Å². The maximum absolute atomic E-state index is 13.2. The summed E-state index contributed by atoms with van der Waals surface area (Å²) in [5.74, 6) is -1.15. The van der Waals surface area contributed by atoms with Crippen LogP contribution in [0, 0.1) is 11.6 Å². The van der Waals surface area contributed by atoms with Gasteiger partial charge in [-0.2, -0.15) is 4.98 Å². The molecular formula is C14H8BrF2N3O. The zero-order valence-corrected chi connectivity index (χ0v) is 12.1. The van der Waals surface area contributed by atoms with Crippen LogP contribution in [-0.4, -0.2) is 10.1 Å². The first-order chi connectivity index (χ1) is 10.0. The van der Waals surface area contributed by atoms with E-state index in [1.165, 1.54) is 0 Å². The molecule has 4 nitrogen and oxygen atoms in total. The largest absolute Gasteiger partial charge is 0.398 e. The molecule has 7 heteroatoms. The van der Waals surface area contributed by atoms with Crippen molar-refractivity contribution in [2.24, 2.45) is 0 Å². The minimum Gasteiger partial charge on any atom is -0.398 e. The monoisotopic (exact) mass is 351 g/mol. The highest BCUT2D eigenvalue weighted by atomic mass is 79.9. The van der Waals surface area contributed by atoms with E-state index in [4.69, 9.17) is 10.3 Å². The number of anilines is 1. The van der Waals surface area contributed by atoms with Crippen LogP contribution in [-0.2, 0) is 0 Å². The third-order valence-corrected chi connectivity index (χ3v) is 3.28. The van der Waals surface area contributed by atoms with Crippen LogP contribution in [0.4, 0.5) is 14.5 Å².